The molecule has 0 saturated carbocycles. The van der Waals surface area contributed by atoms with Crippen LogP contribution in [0.3, 0.4) is 0 Å². The van der Waals surface area contributed by atoms with Crippen molar-refractivity contribution in [2.75, 3.05) is 48.6 Å². The lowest BCUT2D eigenvalue weighted by molar-refractivity contribution is 0.312. The topological polar surface area (TPSA) is 64.3 Å². The minimum atomic E-state index is -2.31. The van der Waals surface area contributed by atoms with E-state index in [1.54, 1.807) is 0 Å². The van der Waals surface area contributed by atoms with E-state index in [1.807, 2.05) is 6.20 Å². The number of hydrogen-bond donors (Lipinski definition) is 3. The summed E-state index contributed by atoms with van der Waals surface area (Å²) in [6.45, 7) is 8.83. The van der Waals surface area contributed by atoms with Crippen LogP contribution in [0.5, 0.6) is 0 Å². The van der Waals surface area contributed by atoms with E-state index in [4.69, 9.17) is 4.98 Å². The van der Waals surface area contributed by atoms with Crippen LogP contribution in [-0.4, -0.2) is 58.1 Å². The Morgan fingerprint density at radius 1 is 0.973 bits per heavy atom. The summed E-state index contributed by atoms with van der Waals surface area (Å²) in [5, 5.41) is 1.29. The molecule has 6 nitrogen and oxygen atoms in total. The smallest absolute Gasteiger partial charge is 0.137 e. The standard InChI is InChI=1S/C30H35N5OS/c1-19-13-22(14-20(2)29(19)35-10-8-34(3)9-11-35)23-16-24-26(18-32-30(24)31-17-23)21-6-7-27-25(15-21)28-5-4-12-37(28,36)33-27/h6-7,13-18,28,37H,4-5,8-12H2,1-3H3,(H,31,32)(H,33,36). The molecule has 37 heavy (non-hydrogen) atoms. The minimum absolute atomic E-state index is 0.172. The first kappa shape index (κ1) is 23.0. The number of aromatic amines is 1. The highest BCUT2D eigenvalue weighted by Gasteiger charge is 2.40. The Bertz CT molecular complexity index is 1560. The maximum atomic E-state index is 13.3. The van der Waals surface area contributed by atoms with Crippen LogP contribution in [0, 0.1) is 13.8 Å². The first-order chi connectivity index (χ1) is 17.9. The van der Waals surface area contributed by atoms with E-state index in [2.05, 4.69) is 83.0 Å². The lowest BCUT2D eigenvalue weighted by atomic mass is 9.96. The van der Waals surface area contributed by atoms with Crippen LogP contribution in [0.4, 0.5) is 11.4 Å². The molecule has 0 aliphatic carbocycles. The quantitative estimate of drug-likeness (QED) is 0.319. The number of hydrogen-bond acceptors (Lipinski definition) is 4. The maximum absolute atomic E-state index is 13.3. The number of fused-ring (bicyclic) bond motifs is 4. The highest BCUT2D eigenvalue weighted by molar-refractivity contribution is 8.05. The monoisotopic (exact) mass is 513 g/mol. The van der Waals surface area contributed by atoms with Gasteiger partial charge in [-0.1, -0.05) is 6.07 Å². The van der Waals surface area contributed by atoms with Crippen molar-refractivity contribution in [1.29, 1.82) is 0 Å². The number of nitrogens with one attached hydrogen (secondary N) is 2. The molecule has 1 unspecified atom stereocenters. The molecule has 1 atom stereocenters. The molecule has 0 bridgehead atoms. The van der Waals surface area contributed by atoms with Crippen LogP contribution in [0.15, 0.2) is 48.8 Å². The van der Waals surface area contributed by atoms with Gasteiger partial charge in [0.2, 0.25) is 0 Å². The third-order valence-electron chi connectivity index (χ3n) is 8.68. The fraction of sp³-hybridized carbons (Fsp3) is 0.367. The average molecular weight is 514 g/mol. The molecule has 2 aromatic heterocycles. The van der Waals surface area contributed by atoms with Crippen LogP contribution in [-0.2, 0) is 10.1 Å². The van der Waals surface area contributed by atoms with Gasteiger partial charge in [0.05, 0.1) is 5.25 Å². The first-order valence-electron chi connectivity index (χ1n) is 13.4. The van der Waals surface area contributed by atoms with Gasteiger partial charge in [-0.15, -0.1) is 0 Å². The number of thiol groups is 1. The summed E-state index contributed by atoms with van der Waals surface area (Å²) in [4.78, 5) is 13.1. The SMILES string of the molecule is Cc1cc(-c2cnc3[nH]cc(-c4ccc5c(c4)C4CCC[SH]4(=O)N5)c3c2)cc(C)c1N1CCN(C)CC1. The Morgan fingerprint density at radius 3 is 2.54 bits per heavy atom. The molecular weight excluding hydrogens is 478 g/mol. The van der Waals surface area contributed by atoms with Gasteiger partial charge >= 0.3 is 0 Å². The summed E-state index contributed by atoms with van der Waals surface area (Å²) in [5.41, 5.74) is 11.8. The van der Waals surface area contributed by atoms with Gasteiger partial charge in [0.25, 0.3) is 0 Å². The summed E-state index contributed by atoms with van der Waals surface area (Å²) >= 11 is 0. The third-order valence-corrected chi connectivity index (χ3v) is 11.8. The number of rotatable bonds is 3. The van der Waals surface area contributed by atoms with Crippen molar-refractivity contribution in [3.05, 3.63) is 65.5 Å². The van der Waals surface area contributed by atoms with Crippen LogP contribution >= 0.6 is 0 Å². The van der Waals surface area contributed by atoms with E-state index < -0.39 is 10.1 Å². The second kappa shape index (κ2) is 8.43. The van der Waals surface area contributed by atoms with Gasteiger partial charge in [-0.25, -0.2) is 4.98 Å². The lowest BCUT2D eigenvalue weighted by Gasteiger charge is -2.36. The number of nitrogens with zero attached hydrogens (tertiary/aromatic N) is 3. The Morgan fingerprint density at radius 2 is 1.76 bits per heavy atom. The van der Waals surface area contributed by atoms with Crippen LogP contribution in [0.1, 0.15) is 34.8 Å². The Balaban J connectivity index is 1.26. The summed E-state index contributed by atoms with van der Waals surface area (Å²) in [6.07, 6.45) is 6.11. The fourth-order valence-electron chi connectivity index (χ4n) is 6.76. The molecule has 2 aromatic carbocycles. The van der Waals surface area contributed by atoms with Crippen molar-refractivity contribution in [3.8, 4) is 22.3 Å². The van der Waals surface area contributed by atoms with E-state index in [0.29, 0.717) is 0 Å². The number of anilines is 2. The second-order valence-electron chi connectivity index (χ2n) is 11.2. The van der Waals surface area contributed by atoms with Crippen molar-refractivity contribution >= 4 is 32.5 Å². The molecule has 3 aliphatic heterocycles. The molecule has 3 aliphatic rings. The molecule has 0 radical (unpaired) electrons. The summed E-state index contributed by atoms with van der Waals surface area (Å²) in [7, 11) is -0.109. The Hall–Kier alpha value is -3.16. The number of aromatic nitrogens is 2. The number of piperazine rings is 1. The van der Waals surface area contributed by atoms with Crippen LogP contribution in [0.25, 0.3) is 33.3 Å². The number of pyridine rings is 1. The zero-order valence-electron chi connectivity index (χ0n) is 21.8. The fourth-order valence-corrected chi connectivity index (χ4v) is 9.87. The Kier molecular flexibility index (Phi) is 5.24. The zero-order valence-corrected chi connectivity index (χ0v) is 22.7. The van der Waals surface area contributed by atoms with Crippen molar-refractivity contribution in [3.63, 3.8) is 0 Å². The van der Waals surface area contributed by atoms with E-state index in [0.717, 1.165) is 78.2 Å². The minimum Gasteiger partial charge on any atom is -0.369 e. The number of aryl methyl sites for hydroxylation is 2. The molecule has 192 valence electrons. The molecule has 4 aromatic rings. The molecule has 2 saturated heterocycles. The van der Waals surface area contributed by atoms with E-state index in [-0.39, 0.29) is 5.25 Å². The van der Waals surface area contributed by atoms with E-state index in [1.165, 1.54) is 27.9 Å². The normalized spacial score (nSPS) is 21.6. The molecule has 7 heteroatoms. The average Bonchev–Trinajstić information content (AvgIpc) is 3.54. The molecule has 0 amide bonds. The van der Waals surface area contributed by atoms with Gasteiger partial charge in [-0.05, 0) is 102 Å². The molecular formula is C30H35N5OS. The van der Waals surface area contributed by atoms with Crippen LogP contribution in [0.2, 0.25) is 0 Å². The molecule has 0 spiro atoms. The lowest BCUT2D eigenvalue weighted by Crippen LogP contribution is -2.45. The van der Waals surface area contributed by atoms with Gasteiger partial charge in [-0.3, -0.25) is 4.21 Å². The molecule has 2 N–H and O–H groups in total. The first-order valence-corrected chi connectivity index (χ1v) is 15.4. The van der Waals surface area contributed by atoms with Crippen molar-refractivity contribution in [2.45, 2.75) is 31.9 Å². The molecule has 5 heterocycles. The van der Waals surface area contributed by atoms with Gasteiger partial charge in [0, 0.05) is 72.2 Å². The summed E-state index contributed by atoms with van der Waals surface area (Å²) in [6, 6.07) is 13.4. The zero-order chi connectivity index (χ0) is 25.3. The number of benzene rings is 2. The third kappa shape index (κ3) is 3.70. The van der Waals surface area contributed by atoms with Crippen LogP contribution < -0.4 is 9.62 Å². The highest BCUT2D eigenvalue weighted by Crippen LogP contribution is 2.50. The number of likely N-dealkylation sites (N-methyl/N-ethyl adjacent to an activating group) is 1. The van der Waals surface area contributed by atoms with Gasteiger partial charge in [0.15, 0.2) is 0 Å². The Labute approximate surface area is 219 Å². The van der Waals surface area contributed by atoms with E-state index in [9.17, 15) is 4.21 Å². The summed E-state index contributed by atoms with van der Waals surface area (Å²) in [5.74, 6) is 0.814. The van der Waals surface area contributed by atoms with Crippen molar-refractivity contribution in [2.24, 2.45) is 0 Å². The highest BCUT2D eigenvalue weighted by atomic mass is 32.3. The number of H-pyrrole nitrogens is 1. The van der Waals surface area contributed by atoms with Gasteiger partial charge < -0.3 is 19.5 Å². The predicted octanol–water partition coefficient (Wildman–Crippen LogP) is 5.46. The van der Waals surface area contributed by atoms with Gasteiger partial charge in [-0.2, -0.15) is 0 Å². The largest absolute Gasteiger partial charge is 0.369 e. The predicted molar refractivity (Wildman–Crippen MR) is 156 cm³/mol. The maximum Gasteiger partial charge on any atom is 0.137 e. The second-order valence-corrected chi connectivity index (χ2v) is 14.0. The summed E-state index contributed by atoms with van der Waals surface area (Å²) < 4.78 is 16.7. The van der Waals surface area contributed by atoms with Crippen molar-refractivity contribution in [1.82, 2.24) is 14.9 Å². The molecule has 7 rings (SSSR count). The van der Waals surface area contributed by atoms with Crippen molar-refractivity contribution < 1.29 is 4.21 Å². The van der Waals surface area contributed by atoms with E-state index >= 15 is 0 Å². The van der Waals surface area contributed by atoms with Gasteiger partial charge in [0.1, 0.15) is 5.65 Å². The molecule has 2 fully saturated rings.